The summed E-state index contributed by atoms with van der Waals surface area (Å²) in [7, 11) is 0. The summed E-state index contributed by atoms with van der Waals surface area (Å²) in [6.07, 6.45) is 1.59. The zero-order valence-corrected chi connectivity index (χ0v) is 10.9. The predicted octanol–water partition coefficient (Wildman–Crippen LogP) is 2.19. The van der Waals surface area contributed by atoms with Crippen LogP contribution in [-0.2, 0) is 0 Å². The average molecular weight is 319 g/mol. The van der Waals surface area contributed by atoms with Gasteiger partial charge in [-0.25, -0.2) is 0 Å². The smallest absolute Gasteiger partial charge is 0.124 e. The normalized spacial score (nSPS) is 12.3. The number of phenols is 1. The third kappa shape index (κ3) is 3.79. The number of aliphatic imine (C=N–C) groups is 1. The van der Waals surface area contributed by atoms with Gasteiger partial charge in [0.05, 0.1) is 12.1 Å². The minimum atomic E-state index is -0.506. The molecule has 0 atom stereocenters. The zero-order valence-electron chi connectivity index (χ0n) is 8.74. The Hall–Kier alpha value is -0.620. The van der Waals surface area contributed by atoms with Gasteiger partial charge in [-0.3, -0.25) is 4.99 Å². The predicted molar refractivity (Wildman–Crippen MR) is 69.6 cm³/mol. The van der Waals surface area contributed by atoms with Gasteiger partial charge in [-0.15, -0.1) is 0 Å². The summed E-state index contributed by atoms with van der Waals surface area (Å²) in [4.78, 5) is 4.21. The highest BCUT2D eigenvalue weighted by atomic mass is 127. The van der Waals surface area contributed by atoms with Gasteiger partial charge >= 0.3 is 0 Å². The molecule has 0 heterocycles. The molecule has 0 amide bonds. The fourth-order valence-corrected chi connectivity index (χ4v) is 1.43. The number of phenolic OH excluding ortho intramolecular Hbond substituents is 1. The number of rotatable bonds is 3. The molecule has 1 aromatic rings. The zero-order chi connectivity index (χ0) is 11.5. The van der Waals surface area contributed by atoms with Crippen molar-refractivity contribution in [3.8, 4) is 5.75 Å². The first kappa shape index (κ1) is 12.4. The first-order valence-corrected chi connectivity index (χ1v) is 5.67. The van der Waals surface area contributed by atoms with Crippen molar-refractivity contribution in [2.24, 2.45) is 4.99 Å². The third-order valence-corrected chi connectivity index (χ3v) is 2.60. The van der Waals surface area contributed by atoms with Gasteiger partial charge in [-0.1, -0.05) is 0 Å². The number of aliphatic hydroxyl groups excluding tert-OH is 1. The molecule has 82 valence electrons. The quantitative estimate of drug-likeness (QED) is 0.663. The Morgan fingerprint density at radius 1 is 1.47 bits per heavy atom. The van der Waals surface area contributed by atoms with Gasteiger partial charge in [0, 0.05) is 15.3 Å². The summed E-state index contributed by atoms with van der Waals surface area (Å²) in [6.45, 7) is 3.64. The molecule has 0 aliphatic heterocycles. The highest BCUT2D eigenvalue weighted by Crippen LogP contribution is 2.18. The Kier molecular flexibility index (Phi) is 4.10. The Balaban J connectivity index is 2.94. The summed E-state index contributed by atoms with van der Waals surface area (Å²) < 4.78 is 1.04. The van der Waals surface area contributed by atoms with E-state index in [0.29, 0.717) is 5.56 Å². The van der Waals surface area contributed by atoms with Crippen LogP contribution in [0.5, 0.6) is 5.75 Å². The highest BCUT2D eigenvalue weighted by molar-refractivity contribution is 14.1. The first-order valence-electron chi connectivity index (χ1n) is 4.59. The maximum atomic E-state index is 9.55. The lowest BCUT2D eigenvalue weighted by Gasteiger charge is -2.15. The van der Waals surface area contributed by atoms with Gasteiger partial charge in [0.1, 0.15) is 5.75 Å². The Bertz CT molecular complexity index is 375. The highest BCUT2D eigenvalue weighted by Gasteiger charge is 2.12. The Labute approximate surface area is 103 Å². The van der Waals surface area contributed by atoms with Gasteiger partial charge < -0.3 is 10.2 Å². The van der Waals surface area contributed by atoms with E-state index in [0.717, 1.165) is 3.57 Å². The molecule has 4 heteroatoms. The van der Waals surface area contributed by atoms with Crippen molar-refractivity contribution in [1.82, 2.24) is 0 Å². The van der Waals surface area contributed by atoms with Gasteiger partial charge in [0.25, 0.3) is 0 Å². The van der Waals surface area contributed by atoms with Crippen LogP contribution in [0.3, 0.4) is 0 Å². The van der Waals surface area contributed by atoms with E-state index >= 15 is 0 Å². The van der Waals surface area contributed by atoms with Crippen LogP contribution >= 0.6 is 22.6 Å². The lowest BCUT2D eigenvalue weighted by Crippen LogP contribution is -2.21. The molecule has 0 spiro atoms. The van der Waals surface area contributed by atoms with Crippen molar-refractivity contribution in [1.29, 1.82) is 0 Å². The van der Waals surface area contributed by atoms with E-state index in [-0.39, 0.29) is 12.4 Å². The van der Waals surface area contributed by atoms with Crippen LogP contribution in [0.25, 0.3) is 0 Å². The molecule has 0 radical (unpaired) electrons. The molecule has 0 saturated heterocycles. The molecule has 1 rings (SSSR count). The van der Waals surface area contributed by atoms with Crippen molar-refractivity contribution in [3.05, 3.63) is 27.3 Å². The molecule has 0 saturated carbocycles. The van der Waals surface area contributed by atoms with Gasteiger partial charge in [0.15, 0.2) is 0 Å². The van der Waals surface area contributed by atoms with E-state index in [2.05, 4.69) is 27.6 Å². The molecule has 0 aromatic heterocycles. The number of aromatic hydroxyl groups is 1. The van der Waals surface area contributed by atoms with Crippen molar-refractivity contribution in [2.45, 2.75) is 19.4 Å². The minimum absolute atomic E-state index is 0.0197. The molecular weight excluding hydrogens is 305 g/mol. The van der Waals surface area contributed by atoms with Crippen LogP contribution in [0.15, 0.2) is 23.2 Å². The summed E-state index contributed by atoms with van der Waals surface area (Å²) in [5.41, 5.74) is 0.164. The molecule has 0 fully saturated rings. The standard InChI is InChI=1S/C11H14INO2/c1-11(2,7-14)13-6-8-5-9(12)3-4-10(8)15/h3-6,14-15H,7H2,1-2H3/b13-6+. The summed E-state index contributed by atoms with van der Waals surface area (Å²) in [6, 6.07) is 5.30. The summed E-state index contributed by atoms with van der Waals surface area (Å²) in [5.74, 6) is 0.202. The molecule has 0 aliphatic carbocycles. The lowest BCUT2D eigenvalue weighted by atomic mass is 10.1. The van der Waals surface area contributed by atoms with E-state index in [1.165, 1.54) is 0 Å². The second kappa shape index (κ2) is 4.94. The largest absolute Gasteiger partial charge is 0.507 e. The molecule has 15 heavy (non-hydrogen) atoms. The molecule has 3 nitrogen and oxygen atoms in total. The van der Waals surface area contributed by atoms with Crippen LogP contribution in [-0.4, -0.2) is 28.6 Å². The maximum Gasteiger partial charge on any atom is 0.124 e. The fraction of sp³-hybridized carbons (Fsp3) is 0.364. The van der Waals surface area contributed by atoms with Crippen LogP contribution in [0, 0.1) is 3.57 Å². The van der Waals surface area contributed by atoms with E-state index in [9.17, 15) is 5.11 Å². The van der Waals surface area contributed by atoms with Crippen LogP contribution in [0.4, 0.5) is 0 Å². The van der Waals surface area contributed by atoms with Crippen molar-refractivity contribution in [3.63, 3.8) is 0 Å². The van der Waals surface area contributed by atoms with Crippen molar-refractivity contribution < 1.29 is 10.2 Å². The molecule has 0 unspecified atom stereocenters. The summed E-state index contributed by atoms with van der Waals surface area (Å²) >= 11 is 2.17. The van der Waals surface area contributed by atoms with Gasteiger partial charge in [0.2, 0.25) is 0 Å². The maximum absolute atomic E-state index is 9.55. The van der Waals surface area contributed by atoms with Gasteiger partial charge in [-0.2, -0.15) is 0 Å². The van der Waals surface area contributed by atoms with Crippen LogP contribution in [0.1, 0.15) is 19.4 Å². The van der Waals surface area contributed by atoms with Crippen molar-refractivity contribution >= 4 is 28.8 Å². The van der Waals surface area contributed by atoms with Gasteiger partial charge in [-0.05, 0) is 54.6 Å². The SMILES string of the molecule is CC(C)(CO)/N=C/c1cc(I)ccc1O. The number of benzene rings is 1. The second-order valence-electron chi connectivity index (χ2n) is 3.93. The molecular formula is C11H14INO2. The second-order valence-corrected chi connectivity index (χ2v) is 5.18. The third-order valence-electron chi connectivity index (χ3n) is 1.93. The topological polar surface area (TPSA) is 52.8 Å². The lowest BCUT2D eigenvalue weighted by molar-refractivity contribution is 0.223. The first-order chi connectivity index (χ1) is 6.94. The van der Waals surface area contributed by atoms with Crippen molar-refractivity contribution in [2.75, 3.05) is 6.61 Å². The summed E-state index contributed by atoms with van der Waals surface area (Å²) in [5, 5.41) is 18.6. The molecule has 0 bridgehead atoms. The van der Waals surface area contributed by atoms with Crippen LogP contribution < -0.4 is 0 Å². The number of halogens is 1. The van der Waals surface area contributed by atoms with E-state index in [1.807, 2.05) is 26.0 Å². The number of hydrogen-bond donors (Lipinski definition) is 2. The molecule has 2 N–H and O–H groups in total. The van der Waals surface area contributed by atoms with E-state index in [4.69, 9.17) is 5.11 Å². The van der Waals surface area contributed by atoms with E-state index in [1.54, 1.807) is 12.3 Å². The van der Waals surface area contributed by atoms with E-state index < -0.39 is 5.54 Å². The Morgan fingerprint density at radius 2 is 2.13 bits per heavy atom. The minimum Gasteiger partial charge on any atom is -0.507 e. The Morgan fingerprint density at radius 3 is 2.73 bits per heavy atom. The van der Waals surface area contributed by atoms with Crippen LogP contribution in [0.2, 0.25) is 0 Å². The number of hydrogen-bond acceptors (Lipinski definition) is 3. The fourth-order valence-electron chi connectivity index (χ4n) is 0.914. The monoisotopic (exact) mass is 319 g/mol. The average Bonchev–Trinajstić information content (AvgIpc) is 2.20. The number of nitrogens with zero attached hydrogens (tertiary/aromatic N) is 1. The molecule has 0 aliphatic rings. The molecule has 1 aromatic carbocycles. The number of aliphatic hydroxyl groups is 1.